The van der Waals surface area contributed by atoms with Crippen molar-refractivity contribution < 1.29 is 8.94 Å². The van der Waals surface area contributed by atoms with Crippen LogP contribution >= 0.6 is 11.6 Å². The Morgan fingerprint density at radius 2 is 1.97 bits per heavy atom. The van der Waals surface area contributed by atoms with E-state index in [1.807, 2.05) is 37.3 Å². The van der Waals surface area contributed by atoms with E-state index in [0.717, 1.165) is 17.0 Å². The van der Waals surface area contributed by atoms with Gasteiger partial charge in [0.1, 0.15) is 17.6 Å². The van der Waals surface area contributed by atoms with Gasteiger partial charge >= 0.3 is 0 Å². The van der Waals surface area contributed by atoms with Crippen molar-refractivity contribution in [2.24, 2.45) is 0 Å². The van der Waals surface area contributed by atoms with Crippen LogP contribution in [0.2, 0.25) is 5.02 Å². The molecule has 6 aromatic rings. The second-order valence-electron chi connectivity index (χ2n) is 7.49. The minimum absolute atomic E-state index is 0.122. The van der Waals surface area contributed by atoms with Gasteiger partial charge in [0.25, 0.3) is 11.4 Å². The van der Waals surface area contributed by atoms with Gasteiger partial charge in [-0.15, -0.1) is 0 Å². The standard InChI is InChI=1S/C23H15ClN6O3/c1-13-5-8-18(32-13)21-27-22(33-28-21)19-20-23(31)29(11-15-4-2-3-9-25-15)17-10-14(24)6-7-16(17)30(20)12-26-19/h2-10,12H,11H2,1H3. The number of imidazole rings is 1. The maximum absolute atomic E-state index is 13.7. The summed E-state index contributed by atoms with van der Waals surface area (Å²) in [4.78, 5) is 26.9. The van der Waals surface area contributed by atoms with E-state index in [2.05, 4.69) is 20.1 Å². The zero-order valence-electron chi connectivity index (χ0n) is 17.3. The Morgan fingerprint density at radius 3 is 2.76 bits per heavy atom. The molecule has 0 aliphatic rings. The summed E-state index contributed by atoms with van der Waals surface area (Å²) in [5, 5.41) is 4.51. The second kappa shape index (κ2) is 7.42. The van der Waals surface area contributed by atoms with Gasteiger partial charge in [0.15, 0.2) is 11.5 Å². The maximum Gasteiger partial charge on any atom is 0.279 e. The number of aromatic nitrogens is 6. The Balaban J connectivity index is 1.59. The zero-order chi connectivity index (χ0) is 22.5. The molecule has 0 fully saturated rings. The molecule has 5 aromatic heterocycles. The van der Waals surface area contributed by atoms with Crippen LogP contribution in [0.4, 0.5) is 0 Å². The van der Waals surface area contributed by atoms with Crippen molar-refractivity contribution in [3.05, 3.63) is 87.9 Å². The quantitative estimate of drug-likeness (QED) is 0.386. The molecule has 1 aromatic carbocycles. The summed E-state index contributed by atoms with van der Waals surface area (Å²) in [7, 11) is 0. The van der Waals surface area contributed by atoms with E-state index < -0.39 is 0 Å². The summed E-state index contributed by atoms with van der Waals surface area (Å²) in [6.07, 6.45) is 3.25. The van der Waals surface area contributed by atoms with Crippen LogP contribution < -0.4 is 5.56 Å². The van der Waals surface area contributed by atoms with E-state index in [1.165, 1.54) is 0 Å². The third-order valence-corrected chi connectivity index (χ3v) is 5.57. The molecule has 6 rings (SSSR count). The molecule has 0 spiro atoms. The van der Waals surface area contributed by atoms with Crippen molar-refractivity contribution in [3.8, 4) is 23.2 Å². The average molecular weight is 459 g/mol. The van der Waals surface area contributed by atoms with Crippen molar-refractivity contribution in [1.82, 2.24) is 29.1 Å². The normalized spacial score (nSPS) is 11.6. The summed E-state index contributed by atoms with van der Waals surface area (Å²) in [6, 6.07) is 14.5. The topological polar surface area (TPSA) is 104 Å². The number of aryl methyl sites for hydroxylation is 1. The molecule has 0 aliphatic carbocycles. The third kappa shape index (κ3) is 3.21. The van der Waals surface area contributed by atoms with Crippen LogP contribution in [0.15, 0.2) is 74.8 Å². The van der Waals surface area contributed by atoms with Crippen molar-refractivity contribution in [3.63, 3.8) is 0 Å². The van der Waals surface area contributed by atoms with Gasteiger partial charge < -0.3 is 8.94 Å². The lowest BCUT2D eigenvalue weighted by Gasteiger charge is -2.12. The van der Waals surface area contributed by atoms with E-state index in [0.29, 0.717) is 21.8 Å². The number of furan rings is 1. The molecule has 162 valence electrons. The van der Waals surface area contributed by atoms with Gasteiger partial charge in [0, 0.05) is 11.2 Å². The number of hydrogen-bond acceptors (Lipinski definition) is 7. The lowest BCUT2D eigenvalue weighted by Crippen LogP contribution is -2.24. The van der Waals surface area contributed by atoms with Crippen LogP contribution in [0.5, 0.6) is 0 Å². The molecular weight excluding hydrogens is 444 g/mol. The van der Waals surface area contributed by atoms with Gasteiger partial charge in [-0.05, 0) is 49.4 Å². The predicted octanol–water partition coefficient (Wildman–Crippen LogP) is 4.36. The third-order valence-electron chi connectivity index (χ3n) is 5.34. The number of pyridine rings is 1. The molecule has 10 heteroatoms. The first-order chi connectivity index (χ1) is 16.1. The molecule has 0 aliphatic heterocycles. The smallest absolute Gasteiger partial charge is 0.279 e. The number of fused-ring (bicyclic) bond motifs is 3. The molecule has 0 radical (unpaired) electrons. The molecule has 0 N–H and O–H groups in total. The van der Waals surface area contributed by atoms with Gasteiger partial charge in [0.2, 0.25) is 5.82 Å². The van der Waals surface area contributed by atoms with Crippen LogP contribution in [0, 0.1) is 6.92 Å². The number of hydrogen-bond donors (Lipinski definition) is 0. The molecule has 0 saturated carbocycles. The van der Waals surface area contributed by atoms with Crippen molar-refractivity contribution in [2.45, 2.75) is 13.5 Å². The summed E-state index contributed by atoms with van der Waals surface area (Å²) >= 11 is 6.26. The number of nitrogens with zero attached hydrogens (tertiary/aromatic N) is 6. The number of rotatable bonds is 4. The highest BCUT2D eigenvalue weighted by atomic mass is 35.5. The SMILES string of the molecule is Cc1ccc(-c2noc(-c3ncn4c3c(=O)n(Cc3ccccn3)c3cc(Cl)ccc34)n2)o1. The summed E-state index contributed by atoms with van der Waals surface area (Å²) in [5.41, 5.74) is 2.47. The molecule has 0 unspecified atom stereocenters. The highest BCUT2D eigenvalue weighted by molar-refractivity contribution is 6.31. The van der Waals surface area contributed by atoms with E-state index in [9.17, 15) is 4.79 Å². The van der Waals surface area contributed by atoms with Crippen molar-refractivity contribution in [1.29, 1.82) is 0 Å². The fraction of sp³-hybridized carbons (Fsp3) is 0.0870. The van der Waals surface area contributed by atoms with Gasteiger partial charge in [-0.3, -0.25) is 18.7 Å². The first-order valence-electron chi connectivity index (χ1n) is 10.1. The maximum atomic E-state index is 13.7. The summed E-state index contributed by atoms with van der Waals surface area (Å²) in [6.45, 7) is 2.09. The first-order valence-corrected chi connectivity index (χ1v) is 10.5. The highest BCUT2D eigenvalue weighted by Gasteiger charge is 2.22. The second-order valence-corrected chi connectivity index (χ2v) is 7.93. The zero-order valence-corrected chi connectivity index (χ0v) is 18.0. The van der Waals surface area contributed by atoms with Gasteiger partial charge in [-0.1, -0.05) is 22.8 Å². The van der Waals surface area contributed by atoms with Gasteiger partial charge in [0.05, 0.1) is 23.3 Å². The van der Waals surface area contributed by atoms with E-state index in [4.69, 9.17) is 20.5 Å². The molecule has 9 nitrogen and oxygen atoms in total. The molecule has 0 bridgehead atoms. The lowest BCUT2D eigenvalue weighted by atomic mass is 10.2. The van der Waals surface area contributed by atoms with E-state index in [1.54, 1.807) is 39.7 Å². The van der Waals surface area contributed by atoms with Crippen LogP contribution in [-0.2, 0) is 6.54 Å². The molecule has 33 heavy (non-hydrogen) atoms. The Kier molecular flexibility index (Phi) is 4.37. The fourth-order valence-electron chi connectivity index (χ4n) is 3.83. The largest absolute Gasteiger partial charge is 0.458 e. The van der Waals surface area contributed by atoms with Gasteiger partial charge in [-0.25, -0.2) is 4.98 Å². The average Bonchev–Trinajstić information content (AvgIpc) is 3.56. The fourth-order valence-corrected chi connectivity index (χ4v) is 4.00. The number of halogens is 1. The Labute approximate surface area is 190 Å². The molecule has 0 amide bonds. The highest BCUT2D eigenvalue weighted by Crippen LogP contribution is 2.27. The van der Waals surface area contributed by atoms with Crippen LogP contribution in [0.25, 0.3) is 39.7 Å². The molecule has 0 atom stereocenters. The van der Waals surface area contributed by atoms with Crippen LogP contribution in [-0.4, -0.2) is 29.1 Å². The minimum Gasteiger partial charge on any atom is -0.458 e. The Hall–Kier alpha value is -4.24. The lowest BCUT2D eigenvalue weighted by molar-refractivity contribution is 0.428. The number of benzene rings is 1. The molecule has 0 saturated heterocycles. The monoisotopic (exact) mass is 458 g/mol. The first kappa shape index (κ1) is 19.4. The summed E-state index contributed by atoms with van der Waals surface area (Å²) < 4.78 is 14.3. The molecule has 5 heterocycles. The van der Waals surface area contributed by atoms with Gasteiger partial charge in [-0.2, -0.15) is 4.98 Å². The van der Waals surface area contributed by atoms with E-state index >= 15 is 0 Å². The Bertz CT molecular complexity index is 1700. The summed E-state index contributed by atoms with van der Waals surface area (Å²) in [5.74, 6) is 1.60. The minimum atomic E-state index is -0.281. The molecular formula is C23H15ClN6O3. The van der Waals surface area contributed by atoms with Crippen LogP contribution in [0.1, 0.15) is 11.5 Å². The van der Waals surface area contributed by atoms with Crippen molar-refractivity contribution >= 4 is 28.2 Å². The Morgan fingerprint density at radius 1 is 1.06 bits per heavy atom. The van der Waals surface area contributed by atoms with Crippen molar-refractivity contribution in [2.75, 3.05) is 0 Å². The van der Waals surface area contributed by atoms with E-state index in [-0.39, 0.29) is 29.5 Å². The predicted molar refractivity (Wildman–Crippen MR) is 121 cm³/mol. The van der Waals surface area contributed by atoms with Crippen LogP contribution in [0.3, 0.4) is 0 Å².